The van der Waals surface area contributed by atoms with Crippen molar-refractivity contribution in [3.05, 3.63) is 22.4 Å². The second-order valence-electron chi connectivity index (χ2n) is 6.12. The molecule has 0 radical (unpaired) electrons. The Morgan fingerprint density at radius 1 is 1.33 bits per heavy atom. The molecule has 2 heterocycles. The topological polar surface area (TPSA) is 15.3 Å². The lowest BCUT2D eigenvalue weighted by molar-refractivity contribution is 0.303. The van der Waals surface area contributed by atoms with E-state index < -0.39 is 0 Å². The summed E-state index contributed by atoms with van der Waals surface area (Å²) < 4.78 is 0. The van der Waals surface area contributed by atoms with Crippen LogP contribution in [0.15, 0.2) is 17.5 Å². The lowest BCUT2D eigenvalue weighted by atomic mass is 10.0. The van der Waals surface area contributed by atoms with Crippen LogP contribution in [0.1, 0.15) is 44.0 Å². The van der Waals surface area contributed by atoms with Crippen molar-refractivity contribution in [3.8, 4) is 0 Å². The molecule has 0 spiro atoms. The number of thiophene rings is 1. The van der Waals surface area contributed by atoms with Gasteiger partial charge in [0.15, 0.2) is 0 Å². The summed E-state index contributed by atoms with van der Waals surface area (Å²) in [5, 5.41) is 6.09. The van der Waals surface area contributed by atoms with Crippen LogP contribution in [0.4, 0.5) is 0 Å². The van der Waals surface area contributed by atoms with E-state index in [2.05, 4.69) is 41.6 Å². The highest BCUT2D eigenvalue weighted by atomic mass is 32.1. The van der Waals surface area contributed by atoms with E-state index in [-0.39, 0.29) is 0 Å². The van der Waals surface area contributed by atoms with E-state index in [1.807, 2.05) is 11.3 Å². The Labute approximate surface area is 114 Å². The summed E-state index contributed by atoms with van der Waals surface area (Å²) >= 11 is 1.89. The molecule has 3 rings (SSSR count). The molecule has 2 atom stereocenters. The van der Waals surface area contributed by atoms with Crippen molar-refractivity contribution in [2.75, 3.05) is 13.1 Å². The summed E-state index contributed by atoms with van der Waals surface area (Å²) in [5.41, 5.74) is 0. The van der Waals surface area contributed by atoms with Gasteiger partial charge in [0.2, 0.25) is 0 Å². The van der Waals surface area contributed by atoms with Crippen molar-refractivity contribution in [1.29, 1.82) is 0 Å². The number of nitrogens with one attached hydrogen (secondary N) is 1. The smallest absolute Gasteiger partial charge is 0.0440 e. The average Bonchev–Trinajstić information content (AvgIpc) is 2.89. The van der Waals surface area contributed by atoms with Gasteiger partial charge in [-0.1, -0.05) is 19.9 Å². The maximum atomic E-state index is 3.90. The molecule has 100 valence electrons. The van der Waals surface area contributed by atoms with Crippen LogP contribution in [0.25, 0.3) is 0 Å². The van der Waals surface area contributed by atoms with Crippen molar-refractivity contribution < 1.29 is 0 Å². The predicted molar refractivity (Wildman–Crippen MR) is 78.0 cm³/mol. The van der Waals surface area contributed by atoms with Crippen LogP contribution in [0.5, 0.6) is 0 Å². The first-order valence-corrected chi connectivity index (χ1v) is 8.15. The highest BCUT2D eigenvalue weighted by Crippen LogP contribution is 2.32. The molecule has 1 saturated carbocycles. The zero-order chi connectivity index (χ0) is 12.5. The molecule has 0 amide bonds. The maximum Gasteiger partial charge on any atom is 0.0440 e. The Kier molecular flexibility index (Phi) is 3.73. The molecule has 0 aromatic carbocycles. The summed E-state index contributed by atoms with van der Waals surface area (Å²) in [4.78, 5) is 4.18. The van der Waals surface area contributed by atoms with Gasteiger partial charge in [-0.05, 0) is 36.6 Å². The largest absolute Gasteiger partial charge is 0.305 e. The third-order valence-electron chi connectivity index (χ3n) is 4.21. The van der Waals surface area contributed by atoms with Crippen LogP contribution < -0.4 is 5.32 Å². The molecule has 18 heavy (non-hydrogen) atoms. The number of nitrogens with zero attached hydrogens (tertiary/aromatic N) is 1. The van der Waals surface area contributed by atoms with E-state index in [1.165, 1.54) is 37.2 Å². The van der Waals surface area contributed by atoms with Crippen LogP contribution in [-0.2, 0) is 0 Å². The molecule has 1 aliphatic carbocycles. The van der Waals surface area contributed by atoms with Gasteiger partial charge in [0.05, 0.1) is 0 Å². The lowest BCUT2D eigenvalue weighted by Gasteiger charge is -2.25. The monoisotopic (exact) mass is 264 g/mol. The fourth-order valence-corrected chi connectivity index (χ4v) is 3.98. The fourth-order valence-electron chi connectivity index (χ4n) is 3.02. The second kappa shape index (κ2) is 5.32. The van der Waals surface area contributed by atoms with Crippen molar-refractivity contribution in [1.82, 2.24) is 10.2 Å². The molecule has 0 bridgehead atoms. The highest BCUT2D eigenvalue weighted by molar-refractivity contribution is 7.10. The van der Waals surface area contributed by atoms with Crippen molar-refractivity contribution in [2.45, 2.75) is 51.2 Å². The van der Waals surface area contributed by atoms with E-state index in [0.717, 1.165) is 6.04 Å². The van der Waals surface area contributed by atoms with Gasteiger partial charge in [-0.25, -0.2) is 0 Å². The van der Waals surface area contributed by atoms with Gasteiger partial charge in [-0.2, -0.15) is 0 Å². The van der Waals surface area contributed by atoms with Crippen LogP contribution in [0.3, 0.4) is 0 Å². The standard InChI is InChI=1S/C15H24N2S/c1-11(2)15(14-4-3-9-18-14)16-12-7-8-17(10-12)13-5-6-13/h3-4,9,11-13,15-16H,5-8,10H2,1-2H3. The Morgan fingerprint density at radius 2 is 2.17 bits per heavy atom. The van der Waals surface area contributed by atoms with E-state index in [1.54, 1.807) is 0 Å². The number of likely N-dealkylation sites (tertiary alicyclic amines) is 1. The van der Waals surface area contributed by atoms with Crippen molar-refractivity contribution in [3.63, 3.8) is 0 Å². The Bertz CT molecular complexity index is 370. The first kappa shape index (κ1) is 12.6. The number of rotatable bonds is 5. The summed E-state index contributed by atoms with van der Waals surface area (Å²) in [5.74, 6) is 0.665. The summed E-state index contributed by atoms with van der Waals surface area (Å²) in [6.07, 6.45) is 4.20. The van der Waals surface area contributed by atoms with Crippen LogP contribution in [0, 0.1) is 5.92 Å². The average molecular weight is 264 g/mol. The minimum atomic E-state index is 0.536. The highest BCUT2D eigenvalue weighted by Gasteiger charge is 2.35. The molecule has 1 aromatic heterocycles. The van der Waals surface area contributed by atoms with Gasteiger partial charge in [-0.3, -0.25) is 4.90 Å². The molecule has 1 aromatic rings. The number of hydrogen-bond donors (Lipinski definition) is 1. The molecular weight excluding hydrogens is 240 g/mol. The molecule has 1 aliphatic heterocycles. The summed E-state index contributed by atoms with van der Waals surface area (Å²) in [6.45, 7) is 7.22. The molecule has 2 fully saturated rings. The lowest BCUT2D eigenvalue weighted by Crippen LogP contribution is -2.37. The van der Waals surface area contributed by atoms with Gasteiger partial charge in [-0.15, -0.1) is 11.3 Å². The molecule has 1 N–H and O–H groups in total. The van der Waals surface area contributed by atoms with Gasteiger partial charge < -0.3 is 5.32 Å². The zero-order valence-electron chi connectivity index (χ0n) is 11.4. The minimum absolute atomic E-state index is 0.536. The molecule has 3 heteroatoms. The zero-order valence-corrected chi connectivity index (χ0v) is 12.2. The van der Waals surface area contributed by atoms with E-state index in [0.29, 0.717) is 18.0 Å². The van der Waals surface area contributed by atoms with E-state index >= 15 is 0 Å². The SMILES string of the molecule is CC(C)C(NC1CCN(C2CC2)C1)c1cccs1. The fraction of sp³-hybridized carbons (Fsp3) is 0.733. The Morgan fingerprint density at radius 3 is 2.78 bits per heavy atom. The minimum Gasteiger partial charge on any atom is -0.305 e. The van der Waals surface area contributed by atoms with Gasteiger partial charge in [0, 0.05) is 36.1 Å². The van der Waals surface area contributed by atoms with Crippen LogP contribution >= 0.6 is 11.3 Å². The third kappa shape index (κ3) is 2.79. The molecule has 2 aliphatic rings. The van der Waals surface area contributed by atoms with Crippen LogP contribution in [0.2, 0.25) is 0 Å². The van der Waals surface area contributed by atoms with Crippen molar-refractivity contribution in [2.24, 2.45) is 5.92 Å². The maximum absolute atomic E-state index is 3.90. The van der Waals surface area contributed by atoms with Crippen LogP contribution in [-0.4, -0.2) is 30.1 Å². The van der Waals surface area contributed by atoms with E-state index in [4.69, 9.17) is 0 Å². The van der Waals surface area contributed by atoms with Crippen molar-refractivity contribution >= 4 is 11.3 Å². The summed E-state index contributed by atoms with van der Waals surface area (Å²) in [7, 11) is 0. The normalized spacial score (nSPS) is 26.9. The first-order chi connectivity index (χ1) is 8.74. The van der Waals surface area contributed by atoms with Gasteiger partial charge in [0.25, 0.3) is 0 Å². The molecule has 1 saturated heterocycles. The predicted octanol–water partition coefficient (Wildman–Crippen LogP) is 3.27. The van der Waals surface area contributed by atoms with Gasteiger partial charge in [0.1, 0.15) is 0 Å². The molecular formula is C15H24N2S. The van der Waals surface area contributed by atoms with E-state index in [9.17, 15) is 0 Å². The first-order valence-electron chi connectivity index (χ1n) is 7.27. The Hall–Kier alpha value is -0.380. The third-order valence-corrected chi connectivity index (χ3v) is 5.17. The molecule has 2 unspecified atom stereocenters. The quantitative estimate of drug-likeness (QED) is 0.878. The number of hydrogen-bond acceptors (Lipinski definition) is 3. The molecule has 2 nitrogen and oxygen atoms in total. The Balaban J connectivity index is 1.59. The van der Waals surface area contributed by atoms with Gasteiger partial charge >= 0.3 is 0 Å². The summed E-state index contributed by atoms with van der Waals surface area (Å²) in [6, 6.07) is 6.60. The second-order valence-corrected chi connectivity index (χ2v) is 7.09.